The third-order valence-corrected chi connectivity index (χ3v) is 6.44. The van der Waals surface area contributed by atoms with E-state index in [2.05, 4.69) is 12.2 Å². The lowest BCUT2D eigenvalue weighted by Gasteiger charge is -2.31. The van der Waals surface area contributed by atoms with Gasteiger partial charge in [-0.1, -0.05) is 61.9 Å². The van der Waals surface area contributed by atoms with E-state index in [1.54, 1.807) is 31.3 Å². The average molecular weight is 521 g/mol. The largest absolute Gasteiger partial charge is 0.493 e. The van der Waals surface area contributed by atoms with Crippen molar-refractivity contribution in [3.8, 4) is 11.5 Å². The number of aryl methyl sites for hydroxylation is 1. The van der Waals surface area contributed by atoms with Crippen molar-refractivity contribution in [3.05, 3.63) is 95.3 Å². The SMILES string of the molecule is CCCCNC(=O)[C@H](Cc1ccccc1)N(Cc1ccc(F)cc1)C(=O)CCc1ccc(OC)c(OC)c1. The van der Waals surface area contributed by atoms with Crippen LogP contribution in [0.3, 0.4) is 0 Å². The number of rotatable bonds is 14. The maximum absolute atomic E-state index is 13.7. The molecule has 1 atom stereocenters. The maximum atomic E-state index is 13.7. The standard InChI is InChI=1S/C31H37FN2O4/c1-4-5-19-33-31(36)27(20-23-9-7-6-8-10-23)34(22-25-11-15-26(32)16-12-25)30(35)18-14-24-13-17-28(37-2)29(21-24)38-3/h6-13,15-17,21,27H,4-5,14,18-20,22H2,1-3H3,(H,33,36)/t27-/m0/s1. The number of hydrogen-bond donors (Lipinski definition) is 1. The van der Waals surface area contributed by atoms with Crippen LogP contribution >= 0.6 is 0 Å². The fourth-order valence-corrected chi connectivity index (χ4v) is 4.28. The minimum Gasteiger partial charge on any atom is -0.493 e. The van der Waals surface area contributed by atoms with Gasteiger partial charge in [0.2, 0.25) is 11.8 Å². The topological polar surface area (TPSA) is 67.9 Å². The molecule has 202 valence electrons. The molecule has 7 heteroatoms. The van der Waals surface area contributed by atoms with Crippen LogP contribution in [-0.4, -0.2) is 43.5 Å². The van der Waals surface area contributed by atoms with E-state index in [0.717, 1.165) is 29.5 Å². The van der Waals surface area contributed by atoms with Crippen molar-refractivity contribution >= 4 is 11.8 Å². The smallest absolute Gasteiger partial charge is 0.243 e. The Labute approximate surface area is 224 Å². The molecule has 0 saturated carbocycles. The summed E-state index contributed by atoms with van der Waals surface area (Å²) in [6.45, 7) is 2.81. The number of unbranched alkanes of at least 4 members (excludes halogenated alkanes) is 1. The van der Waals surface area contributed by atoms with Crippen molar-refractivity contribution in [3.63, 3.8) is 0 Å². The number of halogens is 1. The van der Waals surface area contributed by atoms with Gasteiger partial charge in [0.05, 0.1) is 14.2 Å². The Bertz CT molecular complexity index is 1170. The van der Waals surface area contributed by atoms with Crippen molar-refractivity contribution in [2.24, 2.45) is 0 Å². The van der Waals surface area contributed by atoms with Gasteiger partial charge in [-0.05, 0) is 53.8 Å². The van der Waals surface area contributed by atoms with Gasteiger partial charge >= 0.3 is 0 Å². The molecule has 0 fully saturated rings. The Morgan fingerprint density at radius 2 is 1.58 bits per heavy atom. The summed E-state index contributed by atoms with van der Waals surface area (Å²) < 4.78 is 24.3. The summed E-state index contributed by atoms with van der Waals surface area (Å²) >= 11 is 0. The van der Waals surface area contributed by atoms with E-state index in [4.69, 9.17) is 9.47 Å². The molecule has 0 unspecified atom stereocenters. The minimum atomic E-state index is -0.711. The number of nitrogens with one attached hydrogen (secondary N) is 1. The molecule has 0 saturated heterocycles. The summed E-state index contributed by atoms with van der Waals surface area (Å²) in [6.07, 6.45) is 2.85. The third kappa shape index (κ3) is 8.33. The quantitative estimate of drug-likeness (QED) is 0.292. The highest BCUT2D eigenvalue weighted by atomic mass is 19.1. The van der Waals surface area contributed by atoms with E-state index >= 15 is 0 Å². The number of carbonyl (C=O) groups is 2. The lowest BCUT2D eigenvalue weighted by molar-refractivity contribution is -0.141. The van der Waals surface area contributed by atoms with Gasteiger partial charge in [-0.3, -0.25) is 9.59 Å². The molecule has 3 aromatic rings. The van der Waals surface area contributed by atoms with Gasteiger partial charge in [-0.15, -0.1) is 0 Å². The van der Waals surface area contributed by atoms with Crippen molar-refractivity contribution in [1.82, 2.24) is 10.2 Å². The zero-order chi connectivity index (χ0) is 27.3. The molecular formula is C31H37FN2O4. The van der Waals surface area contributed by atoms with Crippen LogP contribution in [0.1, 0.15) is 42.9 Å². The van der Waals surface area contributed by atoms with Gasteiger partial charge in [0.15, 0.2) is 11.5 Å². The van der Waals surface area contributed by atoms with Crippen LogP contribution in [0.15, 0.2) is 72.8 Å². The van der Waals surface area contributed by atoms with Gasteiger partial charge in [0.25, 0.3) is 0 Å². The second kappa shape index (κ2) is 14.8. The molecule has 0 aliphatic heterocycles. The van der Waals surface area contributed by atoms with Crippen molar-refractivity contribution in [2.45, 2.75) is 51.6 Å². The normalized spacial score (nSPS) is 11.5. The van der Waals surface area contributed by atoms with Gasteiger partial charge in [-0.2, -0.15) is 0 Å². The second-order valence-corrected chi connectivity index (χ2v) is 9.19. The molecule has 1 N–H and O–H groups in total. The second-order valence-electron chi connectivity index (χ2n) is 9.19. The van der Waals surface area contributed by atoms with Gasteiger partial charge < -0.3 is 19.7 Å². The summed E-state index contributed by atoms with van der Waals surface area (Å²) in [4.78, 5) is 28.8. The highest BCUT2D eigenvalue weighted by molar-refractivity contribution is 5.88. The third-order valence-electron chi connectivity index (χ3n) is 6.44. The minimum absolute atomic E-state index is 0.157. The van der Waals surface area contributed by atoms with E-state index in [0.29, 0.717) is 30.9 Å². The number of benzene rings is 3. The van der Waals surface area contributed by atoms with Crippen LogP contribution in [0.5, 0.6) is 11.5 Å². The summed E-state index contributed by atoms with van der Waals surface area (Å²) in [5, 5.41) is 3.01. The maximum Gasteiger partial charge on any atom is 0.243 e. The number of amides is 2. The number of carbonyl (C=O) groups excluding carboxylic acids is 2. The van der Waals surface area contributed by atoms with Crippen LogP contribution in [0, 0.1) is 5.82 Å². The predicted octanol–water partition coefficient (Wildman–Crippen LogP) is 5.33. The first-order valence-electron chi connectivity index (χ1n) is 13.0. The number of ether oxygens (including phenoxy) is 2. The Hall–Kier alpha value is -3.87. The number of nitrogens with zero attached hydrogens (tertiary/aromatic N) is 1. The van der Waals surface area contributed by atoms with Crippen LogP contribution in [0.25, 0.3) is 0 Å². The zero-order valence-corrected chi connectivity index (χ0v) is 22.4. The molecule has 3 rings (SSSR count). The van der Waals surface area contributed by atoms with Crippen molar-refractivity contribution in [1.29, 1.82) is 0 Å². The van der Waals surface area contributed by atoms with Gasteiger partial charge in [-0.25, -0.2) is 4.39 Å². The zero-order valence-electron chi connectivity index (χ0n) is 22.4. The molecule has 0 heterocycles. The molecule has 0 aromatic heterocycles. The van der Waals surface area contributed by atoms with Crippen LogP contribution in [0.4, 0.5) is 4.39 Å². The number of methoxy groups -OCH3 is 2. The highest BCUT2D eigenvalue weighted by Gasteiger charge is 2.30. The molecule has 6 nitrogen and oxygen atoms in total. The summed E-state index contributed by atoms with van der Waals surface area (Å²) in [6, 6.07) is 20.6. The van der Waals surface area contributed by atoms with Crippen molar-refractivity contribution < 1.29 is 23.5 Å². The Morgan fingerprint density at radius 1 is 0.895 bits per heavy atom. The van der Waals surface area contributed by atoms with E-state index in [-0.39, 0.29) is 30.6 Å². The van der Waals surface area contributed by atoms with Crippen LogP contribution in [0.2, 0.25) is 0 Å². The molecule has 0 radical (unpaired) electrons. The van der Waals surface area contributed by atoms with Gasteiger partial charge in [0, 0.05) is 25.9 Å². The lowest BCUT2D eigenvalue weighted by atomic mass is 10.0. The fourth-order valence-electron chi connectivity index (χ4n) is 4.28. The molecule has 0 aliphatic carbocycles. The number of hydrogen-bond acceptors (Lipinski definition) is 4. The lowest BCUT2D eigenvalue weighted by Crippen LogP contribution is -2.50. The highest BCUT2D eigenvalue weighted by Crippen LogP contribution is 2.28. The molecule has 3 aromatic carbocycles. The first-order chi connectivity index (χ1) is 18.4. The Kier molecular flexibility index (Phi) is 11.1. The Balaban J connectivity index is 1.88. The summed E-state index contributed by atoms with van der Waals surface area (Å²) in [7, 11) is 3.15. The molecule has 0 spiro atoms. The predicted molar refractivity (Wildman–Crippen MR) is 147 cm³/mol. The van der Waals surface area contributed by atoms with Crippen LogP contribution < -0.4 is 14.8 Å². The Morgan fingerprint density at radius 3 is 2.24 bits per heavy atom. The molecule has 0 bridgehead atoms. The van der Waals surface area contributed by atoms with E-state index in [1.165, 1.54) is 12.1 Å². The summed E-state index contributed by atoms with van der Waals surface area (Å²) in [5.41, 5.74) is 2.63. The van der Waals surface area contributed by atoms with Crippen LogP contribution in [-0.2, 0) is 29.0 Å². The summed E-state index contributed by atoms with van der Waals surface area (Å²) in [5.74, 6) is 0.517. The molecular weight excluding hydrogens is 483 g/mol. The monoisotopic (exact) mass is 520 g/mol. The van der Waals surface area contributed by atoms with E-state index in [9.17, 15) is 14.0 Å². The molecule has 0 aliphatic rings. The first-order valence-corrected chi connectivity index (χ1v) is 13.0. The van der Waals surface area contributed by atoms with Crippen molar-refractivity contribution in [2.75, 3.05) is 20.8 Å². The fraction of sp³-hybridized carbons (Fsp3) is 0.355. The molecule has 38 heavy (non-hydrogen) atoms. The van der Waals surface area contributed by atoms with Gasteiger partial charge in [0.1, 0.15) is 11.9 Å². The first kappa shape index (κ1) is 28.7. The van der Waals surface area contributed by atoms with E-state index in [1.807, 2.05) is 48.5 Å². The average Bonchev–Trinajstić information content (AvgIpc) is 2.95. The van der Waals surface area contributed by atoms with E-state index < -0.39 is 6.04 Å². The molecule has 2 amide bonds.